The average Bonchev–Trinajstić information content (AvgIpc) is 1.96. The van der Waals surface area contributed by atoms with Crippen LogP contribution in [-0.4, -0.2) is 32.9 Å². The number of sulfone groups is 1. The minimum absolute atomic E-state index is 0.114. The Morgan fingerprint density at radius 2 is 2.17 bits per heavy atom. The van der Waals surface area contributed by atoms with Gasteiger partial charge in [0.25, 0.3) is 0 Å². The van der Waals surface area contributed by atoms with Crippen molar-refractivity contribution in [3.8, 4) is 0 Å². The van der Waals surface area contributed by atoms with Crippen LogP contribution in [0.15, 0.2) is 4.99 Å². The Morgan fingerprint density at radius 3 is 2.58 bits per heavy atom. The number of hydrogen-bond donors (Lipinski definition) is 3. The van der Waals surface area contributed by atoms with Crippen LogP contribution in [0.4, 0.5) is 0 Å². The lowest BCUT2D eigenvalue weighted by molar-refractivity contribution is 0.599. The van der Waals surface area contributed by atoms with Gasteiger partial charge in [0.15, 0.2) is 0 Å². The zero-order valence-corrected chi connectivity index (χ0v) is 7.76. The first-order chi connectivity index (χ1) is 5.45. The maximum absolute atomic E-state index is 10.6. The highest BCUT2D eigenvalue weighted by atomic mass is 32.2. The fourth-order valence-corrected chi connectivity index (χ4v) is 1.23. The number of nitrogens with one attached hydrogen (secondary N) is 1. The molecule has 5 N–H and O–H groups in total. The van der Waals surface area contributed by atoms with E-state index in [1.54, 1.807) is 0 Å². The van der Waals surface area contributed by atoms with E-state index in [1.165, 1.54) is 6.26 Å². The quantitative estimate of drug-likeness (QED) is 0.161. The van der Waals surface area contributed by atoms with E-state index < -0.39 is 9.84 Å². The van der Waals surface area contributed by atoms with E-state index in [-0.39, 0.29) is 11.7 Å². The van der Waals surface area contributed by atoms with E-state index in [1.807, 2.05) is 0 Å². The second-order valence-electron chi connectivity index (χ2n) is 2.39. The number of hydrogen-bond acceptors (Lipinski definition) is 4. The third-order valence-electron chi connectivity index (χ3n) is 1.10. The molecule has 0 aromatic rings. The Bertz CT molecular complexity index is 246. The van der Waals surface area contributed by atoms with E-state index in [0.717, 1.165) is 0 Å². The van der Waals surface area contributed by atoms with Gasteiger partial charge in [-0.2, -0.15) is 0 Å². The molecule has 12 heavy (non-hydrogen) atoms. The lowest BCUT2D eigenvalue weighted by atomic mass is 10.5. The van der Waals surface area contributed by atoms with Crippen molar-refractivity contribution in [2.75, 3.05) is 18.6 Å². The fourth-order valence-electron chi connectivity index (χ4n) is 0.572. The van der Waals surface area contributed by atoms with Gasteiger partial charge in [-0.15, -0.1) is 0 Å². The molecule has 0 aliphatic rings. The second-order valence-corrected chi connectivity index (χ2v) is 4.65. The van der Waals surface area contributed by atoms with Gasteiger partial charge >= 0.3 is 0 Å². The van der Waals surface area contributed by atoms with E-state index >= 15 is 0 Å². The Labute approximate surface area is 71.9 Å². The van der Waals surface area contributed by atoms with Crippen molar-refractivity contribution in [1.82, 2.24) is 5.43 Å². The predicted molar refractivity (Wildman–Crippen MR) is 48.1 cm³/mol. The Morgan fingerprint density at radius 1 is 1.58 bits per heavy atom. The van der Waals surface area contributed by atoms with Gasteiger partial charge in [0.2, 0.25) is 5.96 Å². The molecule has 0 aliphatic heterocycles. The summed E-state index contributed by atoms with van der Waals surface area (Å²) < 4.78 is 21.3. The molecule has 0 spiro atoms. The average molecular weight is 194 g/mol. The van der Waals surface area contributed by atoms with E-state index in [2.05, 4.69) is 10.4 Å². The monoisotopic (exact) mass is 194 g/mol. The first kappa shape index (κ1) is 11.2. The van der Waals surface area contributed by atoms with Crippen LogP contribution in [0.1, 0.15) is 6.42 Å². The predicted octanol–water partition coefficient (Wildman–Crippen LogP) is -1.80. The Kier molecular flexibility index (Phi) is 4.60. The number of guanidine groups is 1. The molecule has 72 valence electrons. The van der Waals surface area contributed by atoms with Crippen LogP contribution in [0.2, 0.25) is 0 Å². The minimum atomic E-state index is -2.89. The van der Waals surface area contributed by atoms with Crippen molar-refractivity contribution in [1.29, 1.82) is 0 Å². The van der Waals surface area contributed by atoms with Gasteiger partial charge in [-0.3, -0.25) is 10.4 Å². The number of rotatable bonds is 4. The van der Waals surface area contributed by atoms with Gasteiger partial charge in [-0.25, -0.2) is 14.3 Å². The molecular formula is C5H14N4O2S. The highest BCUT2D eigenvalue weighted by Crippen LogP contribution is 1.88. The number of aliphatic imine (C=N–C) groups is 1. The van der Waals surface area contributed by atoms with Crippen molar-refractivity contribution < 1.29 is 8.42 Å². The molecular weight excluding hydrogens is 180 g/mol. The smallest absolute Gasteiger partial charge is 0.203 e. The molecule has 0 unspecified atom stereocenters. The lowest BCUT2D eigenvalue weighted by Gasteiger charge is -1.97. The summed E-state index contributed by atoms with van der Waals surface area (Å²) in [5.74, 6) is 5.15. The van der Waals surface area contributed by atoms with Crippen LogP contribution < -0.4 is 17.0 Å². The van der Waals surface area contributed by atoms with E-state index in [4.69, 9.17) is 11.6 Å². The molecule has 0 radical (unpaired) electrons. The molecule has 0 rings (SSSR count). The molecule has 0 fully saturated rings. The summed E-state index contributed by atoms with van der Waals surface area (Å²) in [6.07, 6.45) is 1.64. The largest absolute Gasteiger partial charge is 0.369 e. The second kappa shape index (κ2) is 4.94. The molecule has 6 nitrogen and oxygen atoms in total. The summed E-state index contributed by atoms with van der Waals surface area (Å²) in [5, 5.41) is 0. The topological polar surface area (TPSA) is 111 Å². The Balaban J connectivity index is 3.59. The Hall–Kier alpha value is -0.820. The van der Waals surface area contributed by atoms with Crippen LogP contribution in [-0.2, 0) is 9.84 Å². The maximum atomic E-state index is 10.6. The third-order valence-corrected chi connectivity index (χ3v) is 2.13. The summed E-state index contributed by atoms with van der Waals surface area (Å²) >= 11 is 0. The SMILES string of the molecule is CS(=O)(=O)CCCN=C(N)NN. The molecule has 0 amide bonds. The summed E-state index contributed by atoms with van der Waals surface area (Å²) in [6, 6.07) is 0. The highest BCUT2D eigenvalue weighted by molar-refractivity contribution is 7.90. The minimum Gasteiger partial charge on any atom is -0.369 e. The highest BCUT2D eigenvalue weighted by Gasteiger charge is 1.99. The van der Waals surface area contributed by atoms with Crippen LogP contribution in [0.3, 0.4) is 0 Å². The first-order valence-electron chi connectivity index (χ1n) is 3.40. The molecule has 0 atom stereocenters. The van der Waals surface area contributed by atoms with Crippen LogP contribution in [0, 0.1) is 0 Å². The van der Waals surface area contributed by atoms with Crippen LogP contribution in [0.5, 0.6) is 0 Å². The summed E-state index contributed by atoms with van der Waals surface area (Å²) in [7, 11) is -2.89. The van der Waals surface area contributed by atoms with Crippen molar-refractivity contribution in [2.24, 2.45) is 16.6 Å². The van der Waals surface area contributed by atoms with Crippen molar-refractivity contribution in [2.45, 2.75) is 6.42 Å². The number of nitrogens with two attached hydrogens (primary N) is 2. The normalized spacial score (nSPS) is 13.0. The van der Waals surface area contributed by atoms with Crippen LogP contribution in [0.25, 0.3) is 0 Å². The molecule has 0 aromatic carbocycles. The zero-order valence-electron chi connectivity index (χ0n) is 6.95. The van der Waals surface area contributed by atoms with Crippen LogP contribution >= 0.6 is 0 Å². The van der Waals surface area contributed by atoms with Gasteiger partial charge in [0, 0.05) is 12.8 Å². The molecule has 0 aliphatic carbocycles. The molecule has 0 saturated carbocycles. The number of nitrogens with zero attached hydrogens (tertiary/aromatic N) is 1. The van der Waals surface area contributed by atoms with Gasteiger partial charge in [0.1, 0.15) is 9.84 Å². The lowest BCUT2D eigenvalue weighted by Crippen LogP contribution is -2.37. The van der Waals surface area contributed by atoms with Crippen molar-refractivity contribution >= 4 is 15.8 Å². The standard InChI is InChI=1S/C5H14N4O2S/c1-12(10,11)4-2-3-8-5(6)9-7/h2-4,7H2,1H3,(H3,6,8,9). The summed E-state index contributed by atoms with van der Waals surface area (Å²) in [4.78, 5) is 3.74. The van der Waals surface area contributed by atoms with Crippen molar-refractivity contribution in [3.05, 3.63) is 0 Å². The third kappa shape index (κ3) is 7.29. The van der Waals surface area contributed by atoms with Gasteiger partial charge in [0.05, 0.1) is 5.75 Å². The molecule has 0 bridgehead atoms. The zero-order chi connectivity index (χ0) is 9.61. The number of hydrazine groups is 1. The van der Waals surface area contributed by atoms with E-state index in [0.29, 0.717) is 13.0 Å². The van der Waals surface area contributed by atoms with Crippen molar-refractivity contribution in [3.63, 3.8) is 0 Å². The van der Waals surface area contributed by atoms with Gasteiger partial charge < -0.3 is 5.73 Å². The van der Waals surface area contributed by atoms with Gasteiger partial charge in [-0.05, 0) is 6.42 Å². The molecule has 0 saturated heterocycles. The molecule has 0 heterocycles. The maximum Gasteiger partial charge on any atom is 0.203 e. The first-order valence-corrected chi connectivity index (χ1v) is 5.46. The van der Waals surface area contributed by atoms with E-state index in [9.17, 15) is 8.42 Å². The molecule has 0 aromatic heterocycles. The molecule has 7 heteroatoms. The summed E-state index contributed by atoms with van der Waals surface area (Å²) in [6.45, 7) is 0.364. The summed E-state index contributed by atoms with van der Waals surface area (Å²) in [5.41, 5.74) is 7.33. The van der Waals surface area contributed by atoms with Gasteiger partial charge in [-0.1, -0.05) is 0 Å². The fraction of sp³-hybridized carbons (Fsp3) is 0.800.